The van der Waals surface area contributed by atoms with E-state index >= 15 is 0 Å². The summed E-state index contributed by atoms with van der Waals surface area (Å²) in [7, 11) is 2.09. The van der Waals surface area contributed by atoms with Crippen LogP contribution in [0.3, 0.4) is 0 Å². The van der Waals surface area contributed by atoms with Crippen LogP contribution >= 0.6 is 0 Å². The Kier molecular flexibility index (Phi) is 9.97. The number of amides is 1. The number of imidazole rings is 1. The van der Waals surface area contributed by atoms with Gasteiger partial charge in [0.05, 0.1) is 24.0 Å². The summed E-state index contributed by atoms with van der Waals surface area (Å²) < 4.78 is 12.9. The van der Waals surface area contributed by atoms with Gasteiger partial charge in [-0.2, -0.15) is 0 Å². The van der Waals surface area contributed by atoms with E-state index in [0.717, 1.165) is 37.3 Å². The van der Waals surface area contributed by atoms with Gasteiger partial charge >= 0.3 is 0 Å². The molecule has 0 bridgehead atoms. The van der Waals surface area contributed by atoms with Gasteiger partial charge in [-0.05, 0) is 66.1 Å². The molecule has 2 N–H and O–H groups in total. The fourth-order valence-corrected chi connectivity index (χ4v) is 3.76. The number of nitrogens with zero attached hydrogens (tertiary/aromatic N) is 4. The number of carbonyl (C=O) groups excluding carboxylic acids is 2. The predicted octanol–water partition coefficient (Wildman–Crippen LogP) is 3.87. The minimum Gasteiger partial charge on any atom is -0.340 e. The Morgan fingerprint density at radius 1 is 1.14 bits per heavy atom. The molecule has 4 rings (SSSR count). The molecular formula is C28H33FN6O2. The molecule has 1 fully saturated rings. The van der Waals surface area contributed by atoms with E-state index < -0.39 is 0 Å². The van der Waals surface area contributed by atoms with Gasteiger partial charge in [-0.1, -0.05) is 19.9 Å². The summed E-state index contributed by atoms with van der Waals surface area (Å²) in [6, 6.07) is 9.58. The molecule has 0 aliphatic carbocycles. The number of benzene rings is 1. The van der Waals surface area contributed by atoms with E-state index in [1.807, 2.05) is 30.9 Å². The number of aromatic nitrogens is 3. The molecule has 3 aromatic rings. The smallest absolute Gasteiger partial charge is 0.227 e. The number of likely N-dealkylation sites (N-methyl/N-ethyl adjacent to an activating group) is 1. The second-order valence-electron chi connectivity index (χ2n) is 9.20. The highest BCUT2D eigenvalue weighted by Gasteiger charge is 2.19. The number of allylic oxidation sites excluding steroid dienone is 2. The number of nitrogens with one attached hydrogen (secondary N) is 2. The normalized spacial score (nSPS) is 14.2. The molecular weight excluding hydrogens is 471 g/mol. The maximum Gasteiger partial charge on any atom is 0.227 e. The van der Waals surface area contributed by atoms with Crippen LogP contribution in [0.15, 0.2) is 61.1 Å². The maximum atomic E-state index is 12.9. The predicted molar refractivity (Wildman–Crippen MR) is 142 cm³/mol. The van der Waals surface area contributed by atoms with Crippen molar-refractivity contribution in [3.05, 3.63) is 89.5 Å². The first-order valence-electron chi connectivity index (χ1n) is 12.2. The standard InChI is InChI=1S/C16H16FN3O.C12H17N3O/c1-10(2)14(16-19-8-13(9-21)20-16)7-15(18)11-3-5-12(17)6-4-11;1-14-5-7-15(8-6-14)12(16)9-11-3-2-4-13-10-11/h3-10,18H,1-2H3,(H,19,20);2-4,10H,5-9H2,1H3/b14-7-,18-15?;. The summed E-state index contributed by atoms with van der Waals surface area (Å²) in [5, 5.41) is 8.11. The SMILES string of the molecule is CC(C)/C(=C/C(=N)c1ccc(F)cc1)c1ncc(C=O)[nH]1.CN1CCN(C(=O)Cc2cccnc2)CC1. The molecule has 0 atom stereocenters. The summed E-state index contributed by atoms with van der Waals surface area (Å²) >= 11 is 0. The van der Waals surface area contributed by atoms with Crippen molar-refractivity contribution in [3.8, 4) is 0 Å². The molecule has 1 saturated heterocycles. The lowest BCUT2D eigenvalue weighted by molar-refractivity contribution is -0.132. The number of aldehydes is 1. The molecule has 1 aliphatic heterocycles. The first-order valence-corrected chi connectivity index (χ1v) is 12.2. The van der Waals surface area contributed by atoms with E-state index in [-0.39, 0.29) is 23.4 Å². The van der Waals surface area contributed by atoms with Crippen molar-refractivity contribution in [3.63, 3.8) is 0 Å². The highest BCUT2D eigenvalue weighted by atomic mass is 19.1. The lowest BCUT2D eigenvalue weighted by Crippen LogP contribution is -2.47. The van der Waals surface area contributed by atoms with Crippen LogP contribution in [0.2, 0.25) is 0 Å². The Morgan fingerprint density at radius 3 is 2.41 bits per heavy atom. The molecule has 1 aliphatic rings. The van der Waals surface area contributed by atoms with Crippen LogP contribution in [-0.2, 0) is 11.2 Å². The lowest BCUT2D eigenvalue weighted by Gasteiger charge is -2.32. The number of pyridine rings is 1. The van der Waals surface area contributed by atoms with Crippen molar-refractivity contribution >= 4 is 23.5 Å². The van der Waals surface area contributed by atoms with Crippen molar-refractivity contribution in [2.24, 2.45) is 5.92 Å². The van der Waals surface area contributed by atoms with Crippen LogP contribution < -0.4 is 0 Å². The third-order valence-corrected chi connectivity index (χ3v) is 6.01. The van der Waals surface area contributed by atoms with Gasteiger partial charge in [0.1, 0.15) is 11.6 Å². The van der Waals surface area contributed by atoms with Gasteiger partial charge in [-0.25, -0.2) is 9.37 Å². The molecule has 0 spiro atoms. The van der Waals surface area contributed by atoms with Gasteiger partial charge in [0.25, 0.3) is 0 Å². The number of piperazine rings is 1. The number of hydrogen-bond acceptors (Lipinski definition) is 6. The molecule has 37 heavy (non-hydrogen) atoms. The van der Waals surface area contributed by atoms with Crippen molar-refractivity contribution in [1.82, 2.24) is 24.8 Å². The average Bonchev–Trinajstić information content (AvgIpc) is 3.38. The van der Waals surface area contributed by atoms with Crippen molar-refractivity contribution < 1.29 is 14.0 Å². The molecule has 0 unspecified atom stereocenters. The molecule has 194 valence electrons. The van der Waals surface area contributed by atoms with Crippen molar-refractivity contribution in [2.45, 2.75) is 20.3 Å². The highest BCUT2D eigenvalue weighted by Crippen LogP contribution is 2.21. The van der Waals surface area contributed by atoms with E-state index in [2.05, 4.69) is 26.9 Å². The van der Waals surface area contributed by atoms with E-state index in [9.17, 15) is 14.0 Å². The quantitative estimate of drug-likeness (QED) is 0.375. The van der Waals surface area contributed by atoms with Gasteiger partial charge in [0, 0.05) is 38.6 Å². The zero-order chi connectivity index (χ0) is 26.8. The summed E-state index contributed by atoms with van der Waals surface area (Å²) in [6.45, 7) is 7.59. The third-order valence-electron chi connectivity index (χ3n) is 6.01. The van der Waals surface area contributed by atoms with Crippen LogP contribution in [0, 0.1) is 17.1 Å². The molecule has 1 aromatic carbocycles. The second-order valence-corrected chi connectivity index (χ2v) is 9.20. The van der Waals surface area contributed by atoms with E-state index in [1.54, 1.807) is 30.6 Å². The molecule has 8 nitrogen and oxygen atoms in total. The van der Waals surface area contributed by atoms with Crippen LogP contribution in [0.5, 0.6) is 0 Å². The number of H-pyrrole nitrogens is 1. The summed E-state index contributed by atoms with van der Waals surface area (Å²) in [6.07, 6.45) is 7.79. The Bertz CT molecular complexity index is 1210. The number of halogens is 1. The third kappa shape index (κ3) is 8.28. The van der Waals surface area contributed by atoms with Crippen molar-refractivity contribution in [2.75, 3.05) is 33.2 Å². The van der Waals surface area contributed by atoms with Gasteiger partial charge in [0.2, 0.25) is 5.91 Å². The van der Waals surface area contributed by atoms with E-state index in [1.165, 1.54) is 18.3 Å². The summed E-state index contributed by atoms with van der Waals surface area (Å²) in [4.78, 5) is 37.9. The zero-order valence-electron chi connectivity index (χ0n) is 21.4. The Labute approximate surface area is 216 Å². The minimum absolute atomic E-state index is 0.122. The van der Waals surface area contributed by atoms with Crippen molar-refractivity contribution in [1.29, 1.82) is 5.41 Å². The molecule has 2 aromatic heterocycles. The van der Waals surface area contributed by atoms with Crippen LogP contribution in [-0.4, -0.2) is 75.9 Å². The number of rotatable bonds is 7. The van der Waals surface area contributed by atoms with Gasteiger partial charge in [0.15, 0.2) is 6.29 Å². The molecule has 9 heteroatoms. The fourth-order valence-electron chi connectivity index (χ4n) is 3.76. The highest BCUT2D eigenvalue weighted by molar-refractivity contribution is 6.10. The van der Waals surface area contributed by atoms with Crippen LogP contribution in [0.1, 0.15) is 41.3 Å². The molecule has 0 saturated carbocycles. The number of hydrogen-bond donors (Lipinski definition) is 2. The largest absolute Gasteiger partial charge is 0.340 e. The lowest BCUT2D eigenvalue weighted by atomic mass is 9.98. The summed E-state index contributed by atoms with van der Waals surface area (Å²) in [5.41, 5.74) is 3.09. The minimum atomic E-state index is -0.332. The average molecular weight is 505 g/mol. The Morgan fingerprint density at radius 2 is 1.84 bits per heavy atom. The molecule has 3 heterocycles. The topological polar surface area (TPSA) is 106 Å². The Balaban J connectivity index is 0.000000213. The maximum absolute atomic E-state index is 12.9. The van der Waals surface area contributed by atoms with Crippen LogP contribution in [0.25, 0.3) is 5.57 Å². The fraction of sp³-hybridized carbons (Fsp3) is 0.321. The van der Waals surface area contributed by atoms with Gasteiger partial charge in [-0.15, -0.1) is 0 Å². The second kappa shape index (κ2) is 13.4. The van der Waals surface area contributed by atoms with Gasteiger partial charge < -0.3 is 20.2 Å². The Hall–Kier alpha value is -3.98. The first kappa shape index (κ1) is 27.6. The number of aromatic amines is 1. The van der Waals surface area contributed by atoms with E-state index in [0.29, 0.717) is 29.8 Å². The monoisotopic (exact) mass is 504 g/mol. The van der Waals surface area contributed by atoms with Crippen LogP contribution in [0.4, 0.5) is 4.39 Å². The van der Waals surface area contributed by atoms with E-state index in [4.69, 9.17) is 5.41 Å². The van der Waals surface area contributed by atoms with Gasteiger partial charge in [-0.3, -0.25) is 14.6 Å². The molecule has 0 radical (unpaired) electrons. The first-order chi connectivity index (χ1) is 17.8. The molecule has 1 amide bonds. The zero-order valence-corrected chi connectivity index (χ0v) is 21.4. The summed E-state index contributed by atoms with van der Waals surface area (Å²) in [5.74, 6) is 0.567. The number of carbonyl (C=O) groups is 2.